The number of rotatable bonds is 3. The highest BCUT2D eigenvalue weighted by molar-refractivity contribution is 6.11. The Balaban J connectivity index is 1.96. The fraction of sp³-hybridized carbons (Fsp3) is 0.0588. The number of nitrogens with one attached hydrogen (secondary N) is 1. The molecule has 0 saturated carbocycles. The Hall–Kier alpha value is -3.28. The van der Waals surface area contributed by atoms with Crippen LogP contribution in [0, 0.1) is 0 Å². The molecule has 0 spiro atoms. The number of hydrogen-bond donors (Lipinski definition) is 2. The number of anilines is 3. The first-order valence-electron chi connectivity index (χ1n) is 7.11. The van der Waals surface area contributed by atoms with Gasteiger partial charge in [0.25, 0.3) is 0 Å². The zero-order valence-corrected chi connectivity index (χ0v) is 12.4. The number of methoxy groups -OCH3 is 1. The highest BCUT2D eigenvalue weighted by Gasteiger charge is 2.17. The Morgan fingerprint density at radius 1 is 1.09 bits per heavy atom. The maximum Gasteiger partial charge on any atom is 0.182 e. The predicted octanol–water partition coefficient (Wildman–Crippen LogP) is 3.71. The maximum atomic E-state index is 5.98. The molecule has 4 rings (SSSR count). The van der Waals surface area contributed by atoms with Crippen molar-refractivity contribution in [3.63, 3.8) is 0 Å². The molecule has 2 aromatic carbocycles. The average molecular weight is 306 g/mol. The lowest BCUT2D eigenvalue weighted by Crippen LogP contribution is -1.99. The number of aromatic nitrogens is 2. The van der Waals surface area contributed by atoms with Crippen molar-refractivity contribution >= 4 is 39.2 Å². The fourth-order valence-corrected chi connectivity index (χ4v) is 2.62. The van der Waals surface area contributed by atoms with E-state index in [1.165, 1.54) is 0 Å². The van der Waals surface area contributed by atoms with Gasteiger partial charge < -0.3 is 20.3 Å². The van der Waals surface area contributed by atoms with Crippen LogP contribution >= 0.6 is 0 Å². The number of fused-ring (bicyclic) bond motifs is 3. The molecule has 0 radical (unpaired) electrons. The summed E-state index contributed by atoms with van der Waals surface area (Å²) < 4.78 is 10.8. The van der Waals surface area contributed by atoms with Crippen molar-refractivity contribution in [2.45, 2.75) is 0 Å². The highest BCUT2D eigenvalue weighted by Crippen LogP contribution is 2.36. The van der Waals surface area contributed by atoms with Gasteiger partial charge in [-0.25, -0.2) is 4.98 Å². The summed E-state index contributed by atoms with van der Waals surface area (Å²) in [5.74, 6) is 1.60. The van der Waals surface area contributed by atoms with Gasteiger partial charge in [-0.15, -0.1) is 0 Å². The van der Waals surface area contributed by atoms with Crippen molar-refractivity contribution in [3.05, 3.63) is 48.5 Å². The van der Waals surface area contributed by atoms with Crippen LogP contribution in [0.4, 0.5) is 17.3 Å². The van der Waals surface area contributed by atoms with Crippen molar-refractivity contribution in [2.24, 2.45) is 0 Å². The van der Waals surface area contributed by atoms with Crippen LogP contribution in [0.2, 0.25) is 0 Å². The molecular formula is C17H14N4O2. The van der Waals surface area contributed by atoms with Crippen molar-refractivity contribution < 1.29 is 9.26 Å². The molecular weight excluding hydrogens is 292 g/mol. The number of benzene rings is 2. The molecule has 3 N–H and O–H groups in total. The van der Waals surface area contributed by atoms with Crippen LogP contribution in [0.1, 0.15) is 0 Å². The number of nitrogens with two attached hydrogens (primary N) is 1. The molecule has 23 heavy (non-hydrogen) atoms. The lowest BCUT2D eigenvalue weighted by Gasteiger charge is -2.11. The molecule has 0 bridgehead atoms. The van der Waals surface area contributed by atoms with E-state index >= 15 is 0 Å². The van der Waals surface area contributed by atoms with Gasteiger partial charge in [0.15, 0.2) is 11.4 Å². The number of ether oxygens (including phenoxy) is 1. The largest absolute Gasteiger partial charge is 0.495 e. The van der Waals surface area contributed by atoms with Gasteiger partial charge in [0.1, 0.15) is 17.0 Å². The molecule has 2 heterocycles. The Labute approximate surface area is 131 Å². The number of hydrogen-bond acceptors (Lipinski definition) is 6. The summed E-state index contributed by atoms with van der Waals surface area (Å²) in [5.41, 5.74) is 8.18. The summed E-state index contributed by atoms with van der Waals surface area (Å²) in [6, 6.07) is 15.3. The predicted molar refractivity (Wildman–Crippen MR) is 90.0 cm³/mol. The molecule has 0 aliphatic heterocycles. The lowest BCUT2D eigenvalue weighted by atomic mass is 10.1. The molecule has 0 aliphatic carbocycles. The molecule has 114 valence electrons. The summed E-state index contributed by atoms with van der Waals surface area (Å²) in [4.78, 5) is 4.66. The van der Waals surface area contributed by atoms with Gasteiger partial charge >= 0.3 is 0 Å². The van der Waals surface area contributed by atoms with E-state index in [4.69, 9.17) is 15.0 Å². The molecule has 6 nitrogen and oxygen atoms in total. The summed E-state index contributed by atoms with van der Waals surface area (Å²) in [6.45, 7) is 0. The Bertz CT molecular complexity index is 1010. The Kier molecular flexibility index (Phi) is 3.01. The van der Waals surface area contributed by atoms with Gasteiger partial charge in [-0.05, 0) is 24.3 Å². The first kappa shape index (κ1) is 13.4. The summed E-state index contributed by atoms with van der Waals surface area (Å²) in [6.07, 6.45) is 0. The van der Waals surface area contributed by atoms with Gasteiger partial charge in [-0.3, -0.25) is 0 Å². The summed E-state index contributed by atoms with van der Waals surface area (Å²) in [5, 5.41) is 8.69. The minimum Gasteiger partial charge on any atom is -0.495 e. The van der Waals surface area contributed by atoms with E-state index in [0.717, 1.165) is 16.6 Å². The van der Waals surface area contributed by atoms with Crippen molar-refractivity contribution in [1.82, 2.24) is 10.1 Å². The van der Waals surface area contributed by atoms with E-state index in [1.54, 1.807) is 7.11 Å². The summed E-state index contributed by atoms with van der Waals surface area (Å²) >= 11 is 0. The van der Waals surface area contributed by atoms with Crippen molar-refractivity contribution in [2.75, 3.05) is 18.2 Å². The van der Waals surface area contributed by atoms with Crippen LogP contribution in [0.15, 0.2) is 53.1 Å². The second-order valence-corrected chi connectivity index (χ2v) is 5.07. The van der Waals surface area contributed by atoms with E-state index in [0.29, 0.717) is 28.4 Å². The maximum absolute atomic E-state index is 5.98. The molecule has 0 fully saturated rings. The van der Waals surface area contributed by atoms with Crippen molar-refractivity contribution in [3.8, 4) is 5.75 Å². The molecule has 0 atom stereocenters. The first-order valence-corrected chi connectivity index (χ1v) is 7.11. The second-order valence-electron chi connectivity index (χ2n) is 5.07. The number of pyridine rings is 1. The monoisotopic (exact) mass is 306 g/mol. The molecule has 2 aromatic heterocycles. The average Bonchev–Trinajstić information content (AvgIpc) is 2.98. The fourth-order valence-electron chi connectivity index (χ4n) is 2.62. The quantitative estimate of drug-likeness (QED) is 0.600. The third-order valence-electron chi connectivity index (χ3n) is 3.70. The molecule has 6 heteroatoms. The minimum atomic E-state index is 0.302. The van der Waals surface area contributed by atoms with E-state index in [1.807, 2.05) is 48.5 Å². The van der Waals surface area contributed by atoms with Crippen LogP contribution in [0.3, 0.4) is 0 Å². The van der Waals surface area contributed by atoms with E-state index < -0.39 is 0 Å². The van der Waals surface area contributed by atoms with Crippen LogP contribution in [0.5, 0.6) is 5.75 Å². The zero-order valence-electron chi connectivity index (χ0n) is 12.4. The van der Waals surface area contributed by atoms with E-state index in [2.05, 4.69) is 15.5 Å². The summed E-state index contributed by atoms with van der Waals surface area (Å²) in [7, 11) is 1.62. The van der Waals surface area contributed by atoms with E-state index in [9.17, 15) is 0 Å². The normalized spacial score (nSPS) is 11.0. The molecule has 0 aliphatic rings. The van der Waals surface area contributed by atoms with Gasteiger partial charge in [-0.1, -0.05) is 29.4 Å². The lowest BCUT2D eigenvalue weighted by molar-refractivity contribution is 0.417. The highest BCUT2D eigenvalue weighted by atomic mass is 16.5. The zero-order chi connectivity index (χ0) is 15.8. The Morgan fingerprint density at radius 3 is 2.74 bits per heavy atom. The van der Waals surface area contributed by atoms with Crippen molar-refractivity contribution in [1.29, 1.82) is 0 Å². The number of para-hydroxylation sites is 3. The number of nitrogen functional groups attached to an aromatic ring is 1. The van der Waals surface area contributed by atoms with Crippen LogP contribution < -0.4 is 15.8 Å². The van der Waals surface area contributed by atoms with Gasteiger partial charge in [0.05, 0.1) is 18.3 Å². The molecule has 4 aromatic rings. The molecule has 0 unspecified atom stereocenters. The smallest absolute Gasteiger partial charge is 0.182 e. The van der Waals surface area contributed by atoms with Gasteiger partial charge in [-0.2, -0.15) is 0 Å². The molecule has 0 saturated heterocycles. The molecule has 0 amide bonds. The number of nitrogens with zero attached hydrogens (tertiary/aromatic N) is 2. The Morgan fingerprint density at radius 2 is 1.87 bits per heavy atom. The van der Waals surface area contributed by atoms with Crippen LogP contribution in [0.25, 0.3) is 21.9 Å². The van der Waals surface area contributed by atoms with Gasteiger partial charge in [0, 0.05) is 5.39 Å². The SMILES string of the molecule is COc1ccccc1Nc1nc2ccccc2c2onc(N)c12. The third-order valence-corrected chi connectivity index (χ3v) is 3.70. The van der Waals surface area contributed by atoms with E-state index in [-0.39, 0.29) is 0 Å². The first-order chi connectivity index (χ1) is 11.3. The second kappa shape index (κ2) is 5.17. The van der Waals surface area contributed by atoms with Crippen LogP contribution in [-0.4, -0.2) is 17.3 Å². The third kappa shape index (κ3) is 2.12. The minimum absolute atomic E-state index is 0.302. The standard InChI is InChI=1S/C17H14N4O2/c1-22-13-9-5-4-8-12(13)20-17-14-15(23-21-16(14)18)10-6-2-3-7-11(10)19-17/h2-9H,1H3,(H2,18,21)(H,19,20). The van der Waals surface area contributed by atoms with Gasteiger partial charge in [0.2, 0.25) is 0 Å². The topological polar surface area (TPSA) is 86.2 Å². The van der Waals surface area contributed by atoms with Crippen LogP contribution in [-0.2, 0) is 0 Å².